The van der Waals surface area contributed by atoms with Gasteiger partial charge >= 0.3 is 0 Å². The molecule has 1 fully saturated rings. The molecule has 0 radical (unpaired) electrons. The molecule has 0 bridgehead atoms. The molecule has 2 aromatic rings. The molecule has 120 valence electrons. The first-order chi connectivity index (χ1) is 11.3. The monoisotopic (exact) mass is 309 g/mol. The fourth-order valence-electron chi connectivity index (χ4n) is 3.60. The summed E-state index contributed by atoms with van der Waals surface area (Å²) >= 11 is 0. The zero-order chi connectivity index (χ0) is 15.5. The van der Waals surface area contributed by atoms with Gasteiger partial charge in [0.15, 0.2) is 0 Å². The largest absolute Gasteiger partial charge is 0.493 e. The molecule has 3 heteroatoms. The van der Waals surface area contributed by atoms with Crippen molar-refractivity contribution in [3.05, 3.63) is 59.7 Å². The lowest BCUT2D eigenvalue weighted by molar-refractivity contribution is 0.0653. The van der Waals surface area contributed by atoms with Crippen LogP contribution in [0.2, 0.25) is 0 Å². The van der Waals surface area contributed by atoms with Crippen molar-refractivity contribution >= 4 is 0 Å². The van der Waals surface area contributed by atoms with E-state index in [2.05, 4.69) is 41.7 Å². The van der Waals surface area contributed by atoms with Gasteiger partial charge in [-0.25, -0.2) is 0 Å². The standard InChI is InChI=1S/C20H23NO2/c1-2-5-16(6-3-1)10-14-22-18-7-4-8-19-17(18)9-11-20(23-19)12-13-21-15-20/h1-8,21H,9-15H2. The molecule has 4 rings (SSSR count). The van der Waals surface area contributed by atoms with Crippen LogP contribution in [0.15, 0.2) is 48.5 Å². The highest BCUT2D eigenvalue weighted by atomic mass is 16.5. The highest BCUT2D eigenvalue weighted by Gasteiger charge is 2.39. The maximum Gasteiger partial charge on any atom is 0.127 e. The minimum absolute atomic E-state index is 0.00959. The van der Waals surface area contributed by atoms with Crippen molar-refractivity contribution in [2.45, 2.75) is 31.3 Å². The van der Waals surface area contributed by atoms with Gasteiger partial charge in [0.1, 0.15) is 17.1 Å². The first-order valence-corrected chi connectivity index (χ1v) is 8.53. The van der Waals surface area contributed by atoms with Crippen molar-refractivity contribution in [3.8, 4) is 11.5 Å². The van der Waals surface area contributed by atoms with E-state index in [-0.39, 0.29) is 5.60 Å². The molecule has 2 aliphatic heterocycles. The molecule has 1 spiro atoms. The van der Waals surface area contributed by atoms with E-state index in [1.165, 1.54) is 11.1 Å². The number of hydrogen-bond donors (Lipinski definition) is 1. The molecule has 2 heterocycles. The fraction of sp³-hybridized carbons (Fsp3) is 0.400. The second-order valence-electron chi connectivity index (χ2n) is 6.53. The van der Waals surface area contributed by atoms with Gasteiger partial charge in [0.2, 0.25) is 0 Å². The predicted octanol–water partition coefficient (Wildman–Crippen LogP) is 3.37. The van der Waals surface area contributed by atoms with Crippen molar-refractivity contribution in [1.82, 2.24) is 5.32 Å². The molecule has 0 saturated carbocycles. The highest BCUT2D eigenvalue weighted by molar-refractivity contribution is 5.47. The quantitative estimate of drug-likeness (QED) is 0.939. The third-order valence-corrected chi connectivity index (χ3v) is 4.94. The summed E-state index contributed by atoms with van der Waals surface area (Å²) in [6.45, 7) is 2.72. The summed E-state index contributed by atoms with van der Waals surface area (Å²) in [6.07, 6.45) is 4.15. The second-order valence-corrected chi connectivity index (χ2v) is 6.53. The van der Waals surface area contributed by atoms with E-state index in [1.807, 2.05) is 12.1 Å². The van der Waals surface area contributed by atoms with Gasteiger partial charge in [0.25, 0.3) is 0 Å². The molecular formula is C20H23NO2. The molecule has 23 heavy (non-hydrogen) atoms. The van der Waals surface area contributed by atoms with Crippen LogP contribution in [0.25, 0.3) is 0 Å². The van der Waals surface area contributed by atoms with Crippen LogP contribution in [0.1, 0.15) is 24.0 Å². The van der Waals surface area contributed by atoms with Crippen LogP contribution in [0.4, 0.5) is 0 Å². The Kier molecular flexibility index (Phi) is 3.96. The van der Waals surface area contributed by atoms with Gasteiger partial charge in [-0.05, 0) is 37.1 Å². The zero-order valence-corrected chi connectivity index (χ0v) is 13.4. The fourth-order valence-corrected chi connectivity index (χ4v) is 3.60. The highest BCUT2D eigenvalue weighted by Crippen LogP contribution is 2.40. The molecule has 0 amide bonds. The summed E-state index contributed by atoms with van der Waals surface area (Å²) in [5, 5.41) is 3.42. The average molecular weight is 309 g/mol. The van der Waals surface area contributed by atoms with E-state index in [1.54, 1.807) is 0 Å². The van der Waals surface area contributed by atoms with Crippen LogP contribution in [0.3, 0.4) is 0 Å². The Labute approximate surface area is 137 Å². The van der Waals surface area contributed by atoms with Gasteiger partial charge in [0, 0.05) is 24.9 Å². The lowest BCUT2D eigenvalue weighted by atomic mass is 9.90. The van der Waals surface area contributed by atoms with Gasteiger partial charge in [-0.15, -0.1) is 0 Å². The van der Waals surface area contributed by atoms with Crippen LogP contribution in [0.5, 0.6) is 11.5 Å². The lowest BCUT2D eigenvalue weighted by Gasteiger charge is -2.35. The minimum Gasteiger partial charge on any atom is -0.493 e. The van der Waals surface area contributed by atoms with E-state index in [0.717, 1.165) is 50.3 Å². The molecule has 2 aromatic carbocycles. The van der Waals surface area contributed by atoms with E-state index in [0.29, 0.717) is 6.61 Å². The number of benzene rings is 2. The SMILES string of the molecule is c1ccc(CCOc2cccc3c2CCC2(CCNC2)O3)cc1. The Morgan fingerprint density at radius 1 is 1.04 bits per heavy atom. The zero-order valence-electron chi connectivity index (χ0n) is 13.4. The maximum absolute atomic E-state index is 6.34. The maximum atomic E-state index is 6.34. The summed E-state index contributed by atoms with van der Waals surface area (Å²) < 4.78 is 12.4. The van der Waals surface area contributed by atoms with Crippen LogP contribution < -0.4 is 14.8 Å². The molecule has 0 aromatic heterocycles. The third-order valence-electron chi connectivity index (χ3n) is 4.94. The van der Waals surface area contributed by atoms with Crippen LogP contribution in [-0.4, -0.2) is 25.3 Å². The molecule has 1 atom stereocenters. The van der Waals surface area contributed by atoms with Gasteiger partial charge < -0.3 is 14.8 Å². The van der Waals surface area contributed by atoms with Gasteiger partial charge in [-0.1, -0.05) is 36.4 Å². The second kappa shape index (κ2) is 6.25. The Hall–Kier alpha value is -2.00. The molecule has 3 nitrogen and oxygen atoms in total. The number of rotatable bonds is 4. The molecule has 2 aliphatic rings. The third kappa shape index (κ3) is 3.06. The topological polar surface area (TPSA) is 30.5 Å². The molecule has 1 unspecified atom stereocenters. The van der Waals surface area contributed by atoms with E-state index in [4.69, 9.17) is 9.47 Å². The number of fused-ring (bicyclic) bond motifs is 1. The van der Waals surface area contributed by atoms with E-state index >= 15 is 0 Å². The Morgan fingerprint density at radius 2 is 1.96 bits per heavy atom. The molecular weight excluding hydrogens is 286 g/mol. The first-order valence-electron chi connectivity index (χ1n) is 8.53. The molecule has 0 aliphatic carbocycles. The predicted molar refractivity (Wildman–Crippen MR) is 91.2 cm³/mol. The normalized spacial score (nSPS) is 22.6. The summed E-state index contributed by atoms with van der Waals surface area (Å²) in [7, 11) is 0. The van der Waals surface area contributed by atoms with Gasteiger partial charge in [-0.2, -0.15) is 0 Å². The first kappa shape index (κ1) is 14.6. The van der Waals surface area contributed by atoms with Gasteiger partial charge in [-0.3, -0.25) is 0 Å². The lowest BCUT2D eigenvalue weighted by Crippen LogP contribution is -2.41. The summed E-state index contributed by atoms with van der Waals surface area (Å²) in [6, 6.07) is 16.7. The van der Waals surface area contributed by atoms with Gasteiger partial charge in [0.05, 0.1) is 6.61 Å². The van der Waals surface area contributed by atoms with Crippen molar-refractivity contribution in [2.24, 2.45) is 0 Å². The summed E-state index contributed by atoms with van der Waals surface area (Å²) in [5.41, 5.74) is 2.55. The van der Waals surface area contributed by atoms with Crippen LogP contribution >= 0.6 is 0 Å². The van der Waals surface area contributed by atoms with Crippen molar-refractivity contribution < 1.29 is 9.47 Å². The Morgan fingerprint density at radius 3 is 2.78 bits per heavy atom. The molecule has 1 N–H and O–H groups in total. The Bertz CT molecular complexity index is 663. The molecule has 1 saturated heterocycles. The van der Waals surface area contributed by atoms with Crippen molar-refractivity contribution in [3.63, 3.8) is 0 Å². The average Bonchev–Trinajstić information content (AvgIpc) is 3.03. The van der Waals surface area contributed by atoms with Crippen molar-refractivity contribution in [1.29, 1.82) is 0 Å². The number of nitrogens with one attached hydrogen (secondary N) is 1. The summed E-state index contributed by atoms with van der Waals surface area (Å²) in [5.74, 6) is 2.00. The van der Waals surface area contributed by atoms with E-state index < -0.39 is 0 Å². The van der Waals surface area contributed by atoms with Crippen LogP contribution in [-0.2, 0) is 12.8 Å². The van der Waals surface area contributed by atoms with Crippen molar-refractivity contribution in [2.75, 3.05) is 19.7 Å². The number of hydrogen-bond acceptors (Lipinski definition) is 3. The smallest absolute Gasteiger partial charge is 0.127 e. The number of ether oxygens (including phenoxy) is 2. The summed E-state index contributed by atoms with van der Waals surface area (Å²) in [4.78, 5) is 0. The minimum atomic E-state index is 0.00959. The van der Waals surface area contributed by atoms with E-state index in [9.17, 15) is 0 Å². The Balaban J connectivity index is 1.44. The van der Waals surface area contributed by atoms with Crippen LogP contribution in [0, 0.1) is 0 Å².